The van der Waals surface area contributed by atoms with Gasteiger partial charge in [-0.1, -0.05) is 0 Å². The average molecular weight is 347 g/mol. The third-order valence-electron chi connectivity index (χ3n) is 4.00. The van der Waals surface area contributed by atoms with Crippen molar-refractivity contribution in [2.45, 2.75) is 0 Å². The fraction of sp³-hybridized carbons (Fsp3) is 0.105. The number of aliphatic hydroxyl groups is 1. The zero-order chi connectivity index (χ0) is 17.9. The van der Waals surface area contributed by atoms with E-state index in [4.69, 9.17) is 10.1 Å². The molecule has 1 aromatic carbocycles. The van der Waals surface area contributed by atoms with E-state index in [1.165, 1.54) is 0 Å². The first-order chi connectivity index (χ1) is 12.8. The Labute approximate surface area is 149 Å². The molecule has 4 aromatic rings. The molecule has 0 aliphatic carbocycles. The Morgan fingerprint density at radius 2 is 1.85 bits per heavy atom. The molecule has 0 spiro atoms. The monoisotopic (exact) mass is 347 g/mol. The summed E-state index contributed by atoms with van der Waals surface area (Å²) in [6, 6.07) is 12.6. The summed E-state index contributed by atoms with van der Waals surface area (Å²) in [5.74, 6) is 1.63. The number of hydrogen-bond acceptors (Lipinski definition) is 6. The number of pyridine rings is 2. The minimum absolute atomic E-state index is 0.0487. The van der Waals surface area contributed by atoms with Crippen LogP contribution in [0.3, 0.4) is 0 Å². The molecule has 0 radical (unpaired) electrons. The lowest BCUT2D eigenvalue weighted by atomic mass is 10.2. The van der Waals surface area contributed by atoms with E-state index in [0.29, 0.717) is 12.4 Å². The maximum Gasteiger partial charge on any atom is 0.147 e. The molecule has 3 N–H and O–H groups in total. The minimum Gasteiger partial charge on any atom is -0.508 e. The topological polar surface area (TPSA) is 96.1 Å². The van der Waals surface area contributed by atoms with E-state index >= 15 is 0 Å². The van der Waals surface area contributed by atoms with Crippen molar-refractivity contribution < 1.29 is 10.2 Å². The number of hydrogen-bond donors (Lipinski definition) is 3. The summed E-state index contributed by atoms with van der Waals surface area (Å²) in [6.07, 6.45) is 5.22. The summed E-state index contributed by atoms with van der Waals surface area (Å²) in [5, 5.41) is 21.5. The van der Waals surface area contributed by atoms with Crippen molar-refractivity contribution in [1.82, 2.24) is 19.5 Å². The lowest BCUT2D eigenvalue weighted by molar-refractivity contribution is 0.311. The lowest BCUT2D eigenvalue weighted by Gasteiger charge is -2.10. The summed E-state index contributed by atoms with van der Waals surface area (Å²) in [7, 11) is 0. The first-order valence-electron chi connectivity index (χ1n) is 8.19. The van der Waals surface area contributed by atoms with Gasteiger partial charge in [-0.15, -0.1) is 0 Å². The van der Waals surface area contributed by atoms with Gasteiger partial charge in [-0.3, -0.25) is 9.55 Å². The number of imidazole rings is 1. The van der Waals surface area contributed by atoms with Gasteiger partial charge in [0.15, 0.2) is 0 Å². The fourth-order valence-corrected chi connectivity index (χ4v) is 2.80. The maximum atomic E-state index is 9.58. The van der Waals surface area contributed by atoms with Crippen LogP contribution in [-0.4, -0.2) is 42.9 Å². The summed E-state index contributed by atoms with van der Waals surface area (Å²) < 4.78 is 1.99. The third kappa shape index (κ3) is 2.96. The molecule has 0 saturated carbocycles. The predicted octanol–water partition coefficient (Wildman–Crippen LogP) is 2.59. The summed E-state index contributed by atoms with van der Waals surface area (Å²) in [4.78, 5) is 13.3. The van der Waals surface area contributed by atoms with Gasteiger partial charge in [-0.2, -0.15) is 0 Å². The zero-order valence-electron chi connectivity index (χ0n) is 13.9. The molecule has 0 aliphatic rings. The number of phenols is 1. The fourth-order valence-electron chi connectivity index (χ4n) is 2.80. The predicted molar refractivity (Wildman–Crippen MR) is 99.3 cm³/mol. The van der Waals surface area contributed by atoms with Crippen LogP contribution in [0.5, 0.6) is 5.75 Å². The van der Waals surface area contributed by atoms with Crippen molar-refractivity contribution in [3.8, 4) is 22.8 Å². The van der Waals surface area contributed by atoms with E-state index < -0.39 is 0 Å². The second kappa shape index (κ2) is 6.81. The van der Waals surface area contributed by atoms with Gasteiger partial charge in [0.25, 0.3) is 0 Å². The summed E-state index contributed by atoms with van der Waals surface area (Å²) >= 11 is 0. The highest BCUT2D eigenvalue weighted by molar-refractivity contribution is 5.82. The van der Waals surface area contributed by atoms with Crippen LogP contribution in [0, 0.1) is 0 Å². The quantitative estimate of drug-likeness (QED) is 0.513. The number of aromatic hydroxyl groups is 1. The van der Waals surface area contributed by atoms with Crippen LogP contribution >= 0.6 is 0 Å². The first kappa shape index (κ1) is 16.0. The van der Waals surface area contributed by atoms with Crippen LogP contribution in [0.1, 0.15) is 0 Å². The number of aromatic nitrogens is 4. The number of rotatable bonds is 5. The van der Waals surface area contributed by atoms with E-state index in [1.54, 1.807) is 30.7 Å². The Morgan fingerprint density at radius 1 is 1.00 bits per heavy atom. The van der Waals surface area contributed by atoms with Gasteiger partial charge in [-0.05, 0) is 42.5 Å². The zero-order valence-corrected chi connectivity index (χ0v) is 13.9. The largest absolute Gasteiger partial charge is 0.508 e. The first-order valence-corrected chi connectivity index (χ1v) is 8.19. The maximum absolute atomic E-state index is 9.58. The van der Waals surface area contributed by atoms with E-state index in [1.807, 2.05) is 34.9 Å². The van der Waals surface area contributed by atoms with Crippen molar-refractivity contribution in [2.75, 3.05) is 18.5 Å². The number of fused-ring (bicyclic) bond motifs is 1. The van der Waals surface area contributed by atoms with Crippen molar-refractivity contribution in [3.05, 3.63) is 61.1 Å². The van der Waals surface area contributed by atoms with Crippen LogP contribution in [0.25, 0.3) is 28.1 Å². The molecule has 4 rings (SSSR count). The molecule has 3 aromatic heterocycles. The number of nitrogens with zero attached hydrogens (tertiary/aromatic N) is 4. The minimum atomic E-state index is 0.0487. The third-order valence-corrected chi connectivity index (χ3v) is 4.00. The molecule has 0 saturated heterocycles. The molecule has 0 fully saturated rings. The van der Waals surface area contributed by atoms with E-state index in [2.05, 4.69) is 15.3 Å². The Morgan fingerprint density at radius 3 is 2.58 bits per heavy atom. The molecule has 0 atom stereocenters. The van der Waals surface area contributed by atoms with E-state index in [9.17, 15) is 5.11 Å². The van der Waals surface area contributed by atoms with Gasteiger partial charge < -0.3 is 15.5 Å². The van der Waals surface area contributed by atoms with Crippen LogP contribution in [0.4, 0.5) is 5.82 Å². The van der Waals surface area contributed by atoms with Crippen LogP contribution in [-0.2, 0) is 0 Å². The molecule has 0 bridgehead atoms. The molecular formula is C19H17N5O2. The van der Waals surface area contributed by atoms with E-state index in [-0.39, 0.29) is 12.4 Å². The molecule has 0 unspecified atom stereocenters. The highest BCUT2D eigenvalue weighted by Crippen LogP contribution is 2.28. The number of nitrogens with one attached hydrogen (secondary N) is 1. The second-order valence-electron chi connectivity index (χ2n) is 5.73. The van der Waals surface area contributed by atoms with Crippen molar-refractivity contribution in [3.63, 3.8) is 0 Å². The van der Waals surface area contributed by atoms with Gasteiger partial charge in [0.1, 0.15) is 17.4 Å². The van der Waals surface area contributed by atoms with Gasteiger partial charge in [0, 0.05) is 30.2 Å². The van der Waals surface area contributed by atoms with Gasteiger partial charge in [0.05, 0.1) is 23.8 Å². The smallest absolute Gasteiger partial charge is 0.147 e. The molecule has 0 amide bonds. The number of benzene rings is 1. The normalized spacial score (nSPS) is 11.0. The number of aliphatic hydroxyl groups excluding tert-OH is 1. The van der Waals surface area contributed by atoms with Gasteiger partial charge in [0.2, 0.25) is 0 Å². The Balaban J connectivity index is 1.84. The molecule has 26 heavy (non-hydrogen) atoms. The molecule has 7 heteroatoms. The highest BCUT2D eigenvalue weighted by Gasteiger charge is 2.14. The number of anilines is 1. The molecule has 7 nitrogen and oxygen atoms in total. The van der Waals surface area contributed by atoms with Crippen LogP contribution < -0.4 is 5.32 Å². The summed E-state index contributed by atoms with van der Waals surface area (Å²) in [6.45, 7) is 0.497. The number of phenolic OH excluding ortho intramolecular Hbond substituents is 1. The van der Waals surface area contributed by atoms with Crippen molar-refractivity contribution in [2.24, 2.45) is 0 Å². The van der Waals surface area contributed by atoms with Gasteiger partial charge >= 0.3 is 0 Å². The Bertz CT molecular complexity index is 1030. The Kier molecular flexibility index (Phi) is 4.20. The Hall–Kier alpha value is -3.45. The van der Waals surface area contributed by atoms with Crippen molar-refractivity contribution >= 4 is 16.9 Å². The molecule has 0 aliphatic heterocycles. The molecule has 3 heterocycles. The standard InChI is InChI=1S/C19H17N5O2/c25-10-9-21-18-6-1-13(11-22-18)19-23-16-7-8-20-12-17(16)24(19)14-2-4-15(26)5-3-14/h1-8,11-12,25-26H,9-10H2,(H,21,22). The SMILES string of the molecule is OCCNc1ccc(-c2nc3ccncc3n2-c2ccc(O)cc2)cn1. The lowest BCUT2D eigenvalue weighted by Crippen LogP contribution is -2.06. The second-order valence-corrected chi connectivity index (χ2v) is 5.73. The van der Waals surface area contributed by atoms with Gasteiger partial charge in [-0.25, -0.2) is 9.97 Å². The van der Waals surface area contributed by atoms with Crippen molar-refractivity contribution in [1.29, 1.82) is 0 Å². The highest BCUT2D eigenvalue weighted by atomic mass is 16.3. The summed E-state index contributed by atoms with van der Waals surface area (Å²) in [5.41, 5.74) is 3.42. The molecular weight excluding hydrogens is 330 g/mol. The average Bonchev–Trinajstić information content (AvgIpc) is 3.07. The van der Waals surface area contributed by atoms with E-state index in [0.717, 1.165) is 28.1 Å². The molecule has 130 valence electrons. The van der Waals surface area contributed by atoms with Crippen LogP contribution in [0.15, 0.2) is 61.1 Å². The van der Waals surface area contributed by atoms with Crippen LogP contribution in [0.2, 0.25) is 0 Å².